The lowest BCUT2D eigenvalue weighted by Crippen LogP contribution is -2.37. The maximum atomic E-state index is 12.6. The maximum Gasteiger partial charge on any atom is 0.321 e. The molecule has 1 rings (SSSR count). The van der Waals surface area contributed by atoms with Gasteiger partial charge in [0.05, 0.1) is 11.5 Å². The second-order valence-electron chi connectivity index (χ2n) is 4.33. The lowest BCUT2D eigenvalue weighted by molar-refractivity contribution is -0.143. The predicted octanol–water partition coefficient (Wildman–Crippen LogP) is 2.00. The highest BCUT2D eigenvalue weighted by atomic mass is 79.9. The molecule has 21 heavy (non-hydrogen) atoms. The minimum atomic E-state index is -3.78. The molecule has 8 heteroatoms. The number of carbonyl (C=O) groups is 1. The number of hydrogen-bond acceptors (Lipinski definition) is 5. The first-order valence-corrected chi connectivity index (χ1v) is 8.77. The Bertz CT molecular complexity index is 604. The number of hydrogen-bond donors (Lipinski definition) is 1. The van der Waals surface area contributed by atoms with E-state index >= 15 is 0 Å². The Morgan fingerprint density at radius 1 is 1.38 bits per heavy atom. The number of nitrogens with two attached hydrogens (primary N) is 1. The van der Waals surface area contributed by atoms with Crippen molar-refractivity contribution >= 4 is 37.6 Å². The summed E-state index contributed by atoms with van der Waals surface area (Å²) < 4.78 is 31.7. The molecule has 2 N–H and O–H groups in total. The smallest absolute Gasteiger partial charge is 0.321 e. The SMILES string of the molecule is CCCN(CC(=O)OCC)S(=O)(=O)c1ccc(Br)c(N)c1. The van der Waals surface area contributed by atoms with Crippen LogP contribution in [0.1, 0.15) is 20.3 Å². The Morgan fingerprint density at radius 2 is 2.05 bits per heavy atom. The van der Waals surface area contributed by atoms with Gasteiger partial charge in [0.1, 0.15) is 6.54 Å². The standard InChI is InChI=1S/C13H19BrN2O4S/c1-3-7-16(9-13(17)20-4-2)21(18,19)10-5-6-11(14)12(15)8-10/h5-6,8H,3-4,7,9,15H2,1-2H3. The number of anilines is 1. The van der Waals surface area contributed by atoms with Crippen LogP contribution in [-0.2, 0) is 19.6 Å². The van der Waals surface area contributed by atoms with E-state index in [1.807, 2.05) is 6.92 Å². The van der Waals surface area contributed by atoms with Crippen LogP contribution < -0.4 is 5.73 Å². The van der Waals surface area contributed by atoms with Crippen LogP contribution in [0.5, 0.6) is 0 Å². The van der Waals surface area contributed by atoms with E-state index in [1.165, 1.54) is 12.1 Å². The highest BCUT2D eigenvalue weighted by Crippen LogP contribution is 2.25. The third-order valence-corrected chi connectivity index (χ3v) is 5.25. The molecule has 6 nitrogen and oxygen atoms in total. The Hall–Kier alpha value is -1.12. The van der Waals surface area contributed by atoms with Gasteiger partial charge >= 0.3 is 5.97 Å². The number of carbonyl (C=O) groups excluding carboxylic acids is 1. The van der Waals surface area contributed by atoms with E-state index in [4.69, 9.17) is 10.5 Å². The van der Waals surface area contributed by atoms with Crippen molar-refractivity contribution in [3.05, 3.63) is 22.7 Å². The number of halogens is 1. The topological polar surface area (TPSA) is 89.7 Å². The lowest BCUT2D eigenvalue weighted by Gasteiger charge is -2.21. The molecule has 1 aromatic carbocycles. The van der Waals surface area contributed by atoms with Crippen LogP contribution >= 0.6 is 15.9 Å². The summed E-state index contributed by atoms with van der Waals surface area (Å²) in [5.41, 5.74) is 6.04. The number of nitrogens with zero attached hydrogens (tertiary/aromatic N) is 1. The summed E-state index contributed by atoms with van der Waals surface area (Å²) in [5.74, 6) is -0.570. The summed E-state index contributed by atoms with van der Waals surface area (Å²) in [5, 5.41) is 0. The largest absolute Gasteiger partial charge is 0.465 e. The van der Waals surface area contributed by atoms with Crippen LogP contribution in [0.2, 0.25) is 0 Å². The number of esters is 1. The van der Waals surface area contributed by atoms with Crippen LogP contribution in [0, 0.1) is 0 Å². The molecule has 0 fully saturated rings. The molecule has 0 spiro atoms. The van der Waals surface area contributed by atoms with Crippen molar-refractivity contribution in [2.75, 3.05) is 25.4 Å². The fraction of sp³-hybridized carbons (Fsp3) is 0.462. The molecule has 0 heterocycles. The summed E-state index contributed by atoms with van der Waals surface area (Å²) in [6, 6.07) is 4.38. The monoisotopic (exact) mass is 378 g/mol. The highest BCUT2D eigenvalue weighted by Gasteiger charge is 2.26. The van der Waals surface area contributed by atoms with E-state index in [-0.39, 0.29) is 24.6 Å². The fourth-order valence-electron chi connectivity index (χ4n) is 1.72. The van der Waals surface area contributed by atoms with Crippen molar-refractivity contribution in [2.24, 2.45) is 0 Å². The molecule has 0 aliphatic carbocycles. The quantitative estimate of drug-likeness (QED) is 0.578. The van der Waals surface area contributed by atoms with Gasteiger partial charge in [-0.05, 0) is 47.5 Å². The molecule has 118 valence electrons. The average molecular weight is 379 g/mol. The van der Waals surface area contributed by atoms with Crippen molar-refractivity contribution in [3.8, 4) is 0 Å². The van der Waals surface area contributed by atoms with Crippen LogP contribution in [0.25, 0.3) is 0 Å². The van der Waals surface area contributed by atoms with E-state index in [0.717, 1.165) is 4.31 Å². The van der Waals surface area contributed by atoms with E-state index in [9.17, 15) is 13.2 Å². The molecular weight excluding hydrogens is 360 g/mol. The summed E-state index contributed by atoms with van der Waals surface area (Å²) >= 11 is 3.22. The Morgan fingerprint density at radius 3 is 2.57 bits per heavy atom. The van der Waals surface area contributed by atoms with Crippen LogP contribution in [0.4, 0.5) is 5.69 Å². The van der Waals surface area contributed by atoms with Crippen LogP contribution in [0.15, 0.2) is 27.6 Å². The molecule has 0 atom stereocenters. The van der Waals surface area contributed by atoms with E-state index in [1.54, 1.807) is 13.0 Å². The van der Waals surface area contributed by atoms with Crippen LogP contribution in [-0.4, -0.2) is 38.4 Å². The first kappa shape index (κ1) is 17.9. The minimum absolute atomic E-state index is 0.0564. The van der Waals surface area contributed by atoms with Gasteiger partial charge in [-0.15, -0.1) is 0 Å². The van der Waals surface area contributed by atoms with Crippen LogP contribution in [0.3, 0.4) is 0 Å². The number of benzene rings is 1. The number of sulfonamides is 1. The average Bonchev–Trinajstić information content (AvgIpc) is 2.41. The zero-order valence-corrected chi connectivity index (χ0v) is 14.4. The Balaban J connectivity index is 3.09. The van der Waals surface area contributed by atoms with Gasteiger partial charge in [0.15, 0.2) is 0 Å². The molecule has 0 saturated carbocycles. The third kappa shape index (κ3) is 4.69. The zero-order chi connectivity index (χ0) is 16.0. The first-order chi connectivity index (χ1) is 9.82. The first-order valence-electron chi connectivity index (χ1n) is 6.53. The molecule has 0 radical (unpaired) electrons. The second-order valence-corrected chi connectivity index (χ2v) is 7.12. The fourth-order valence-corrected chi connectivity index (χ4v) is 3.47. The van der Waals surface area contributed by atoms with Gasteiger partial charge in [-0.25, -0.2) is 8.42 Å². The van der Waals surface area contributed by atoms with Gasteiger partial charge in [0.25, 0.3) is 0 Å². The van der Waals surface area contributed by atoms with Gasteiger partial charge in [-0.2, -0.15) is 4.31 Å². The highest BCUT2D eigenvalue weighted by molar-refractivity contribution is 9.10. The van der Waals surface area contributed by atoms with E-state index < -0.39 is 16.0 Å². The number of ether oxygens (including phenoxy) is 1. The molecule has 0 saturated heterocycles. The second kappa shape index (κ2) is 7.77. The van der Waals surface area contributed by atoms with E-state index in [0.29, 0.717) is 16.6 Å². The summed E-state index contributed by atoms with van der Waals surface area (Å²) in [7, 11) is -3.78. The summed E-state index contributed by atoms with van der Waals surface area (Å²) in [6.07, 6.45) is 0.588. The molecule has 0 bridgehead atoms. The normalized spacial score (nSPS) is 11.6. The van der Waals surface area contributed by atoms with Crippen molar-refractivity contribution in [3.63, 3.8) is 0 Å². The molecule has 0 aromatic heterocycles. The molecule has 0 aliphatic rings. The van der Waals surface area contributed by atoms with Crippen molar-refractivity contribution in [1.82, 2.24) is 4.31 Å². The Labute approximate surface area is 133 Å². The minimum Gasteiger partial charge on any atom is -0.465 e. The van der Waals surface area contributed by atoms with Gasteiger partial charge in [-0.3, -0.25) is 4.79 Å². The summed E-state index contributed by atoms with van der Waals surface area (Å²) in [4.78, 5) is 11.6. The van der Waals surface area contributed by atoms with Gasteiger partial charge in [0.2, 0.25) is 10.0 Å². The van der Waals surface area contributed by atoms with E-state index in [2.05, 4.69) is 15.9 Å². The summed E-state index contributed by atoms with van der Waals surface area (Å²) in [6.45, 7) is 3.65. The molecule has 0 unspecified atom stereocenters. The van der Waals surface area contributed by atoms with Crippen molar-refractivity contribution in [1.29, 1.82) is 0 Å². The van der Waals surface area contributed by atoms with Gasteiger partial charge in [0, 0.05) is 16.7 Å². The number of nitrogen functional groups attached to an aromatic ring is 1. The van der Waals surface area contributed by atoms with Gasteiger partial charge in [-0.1, -0.05) is 6.92 Å². The lowest BCUT2D eigenvalue weighted by atomic mass is 10.3. The predicted molar refractivity (Wildman–Crippen MR) is 84.2 cm³/mol. The zero-order valence-electron chi connectivity index (χ0n) is 12.0. The van der Waals surface area contributed by atoms with Gasteiger partial charge < -0.3 is 10.5 Å². The number of rotatable bonds is 7. The molecule has 0 amide bonds. The molecular formula is C13H19BrN2O4S. The third-order valence-electron chi connectivity index (χ3n) is 2.69. The molecule has 1 aromatic rings. The van der Waals surface area contributed by atoms with Crippen molar-refractivity contribution < 1.29 is 17.9 Å². The Kier molecular flexibility index (Phi) is 6.63. The maximum absolute atomic E-state index is 12.6. The molecule has 0 aliphatic heterocycles. The van der Waals surface area contributed by atoms with Crippen molar-refractivity contribution in [2.45, 2.75) is 25.2 Å².